The monoisotopic (exact) mass is 324 g/mol. The molecule has 0 saturated heterocycles. The van der Waals surface area contributed by atoms with Gasteiger partial charge in [0.05, 0.1) is 0 Å². The van der Waals surface area contributed by atoms with Gasteiger partial charge in [-0.1, -0.05) is 0 Å². The minimum absolute atomic E-state index is 0. The topological polar surface area (TPSA) is 18.5 Å². The van der Waals surface area contributed by atoms with Gasteiger partial charge in [0.15, 0.2) is 0 Å². The summed E-state index contributed by atoms with van der Waals surface area (Å²) in [6.45, 7) is 13.7. The van der Waals surface area contributed by atoms with Gasteiger partial charge in [-0.2, -0.15) is 0 Å². The van der Waals surface area contributed by atoms with Crippen LogP contribution in [0.15, 0.2) is 0 Å². The Balaban J connectivity index is 0. The van der Waals surface area contributed by atoms with Gasteiger partial charge < -0.3 is 12.4 Å². The smallest absolute Gasteiger partial charge is 1.00 e. The summed E-state index contributed by atoms with van der Waals surface area (Å²) < 4.78 is 12.5. The first-order valence-corrected chi connectivity index (χ1v) is 13.2. The van der Waals surface area contributed by atoms with Crippen molar-refractivity contribution in [3.05, 3.63) is 0 Å². The first kappa shape index (κ1) is 21.5. The molecule has 0 atom stereocenters. The second kappa shape index (κ2) is 10.9. The fourth-order valence-electron chi connectivity index (χ4n) is 2.23. The van der Waals surface area contributed by atoms with Crippen molar-refractivity contribution in [2.24, 2.45) is 0 Å². The first-order chi connectivity index (χ1) is 8.07. The summed E-state index contributed by atoms with van der Waals surface area (Å²) in [4.78, 5) is 0. The van der Waals surface area contributed by atoms with Crippen molar-refractivity contribution in [1.82, 2.24) is 0 Å². The van der Waals surface area contributed by atoms with Crippen LogP contribution in [-0.4, -0.2) is 32.5 Å². The fourth-order valence-corrected chi connectivity index (χ4v) is 11.5. The molecule has 18 heavy (non-hydrogen) atoms. The van der Waals surface area contributed by atoms with Crippen molar-refractivity contribution in [2.45, 2.75) is 77.8 Å². The molecular weight excluding hydrogens is 295 g/mol. The fraction of sp³-hybridized carbons (Fsp3) is 1.00. The Morgan fingerprint density at radius 2 is 0.833 bits per heavy atom. The summed E-state index contributed by atoms with van der Waals surface area (Å²) in [5, 5.41) is 0. The summed E-state index contributed by atoms with van der Waals surface area (Å²) in [6, 6.07) is 7.39. The minimum Gasteiger partial charge on any atom is -1.00 e. The number of halogens is 1. The Morgan fingerprint density at radius 3 is 1.00 bits per heavy atom. The summed E-state index contributed by atoms with van der Waals surface area (Å²) in [5.41, 5.74) is 0. The van der Waals surface area contributed by atoms with Crippen molar-refractivity contribution >= 4 is 32.5 Å². The molecule has 0 unspecified atom stereocenters. The SMILES string of the molecule is CC[Si](CC)(CC)[O][Al+][O][Si](CC)(CC)CC.[Cl-]. The van der Waals surface area contributed by atoms with Crippen LogP contribution in [-0.2, 0) is 6.96 Å². The Bertz CT molecular complexity index is 164. The molecule has 0 aliphatic rings. The molecule has 0 aromatic rings. The zero-order valence-corrected chi connectivity index (χ0v) is 16.9. The average molecular weight is 325 g/mol. The van der Waals surface area contributed by atoms with Crippen LogP contribution in [0.4, 0.5) is 0 Å². The van der Waals surface area contributed by atoms with Gasteiger partial charge in [0, 0.05) is 0 Å². The summed E-state index contributed by atoms with van der Waals surface area (Å²) in [7, 11) is -2.84. The molecule has 108 valence electrons. The molecule has 0 rings (SSSR count). The summed E-state index contributed by atoms with van der Waals surface area (Å²) in [5.74, 6) is 0. The minimum atomic E-state index is -1.42. The van der Waals surface area contributed by atoms with Gasteiger partial charge in [0.25, 0.3) is 0 Å². The first-order valence-electron chi connectivity index (χ1n) is 7.24. The van der Waals surface area contributed by atoms with Gasteiger partial charge in [0.2, 0.25) is 0 Å². The van der Waals surface area contributed by atoms with Crippen LogP contribution in [0.5, 0.6) is 0 Å². The quantitative estimate of drug-likeness (QED) is 0.568. The predicted molar refractivity (Wildman–Crippen MR) is 82.3 cm³/mol. The van der Waals surface area contributed by atoms with Crippen LogP contribution in [0.2, 0.25) is 36.3 Å². The van der Waals surface area contributed by atoms with Crippen LogP contribution in [0.3, 0.4) is 0 Å². The summed E-state index contributed by atoms with van der Waals surface area (Å²) in [6.07, 6.45) is 0. The van der Waals surface area contributed by atoms with Crippen molar-refractivity contribution in [3.8, 4) is 0 Å². The Kier molecular flexibility index (Phi) is 13.0. The molecule has 0 spiro atoms. The van der Waals surface area contributed by atoms with E-state index in [2.05, 4.69) is 41.5 Å². The maximum absolute atomic E-state index is 6.27. The van der Waals surface area contributed by atoms with E-state index in [9.17, 15) is 0 Å². The van der Waals surface area contributed by atoms with Gasteiger partial charge in [-0.25, -0.2) is 0 Å². The van der Waals surface area contributed by atoms with Gasteiger partial charge in [-0.05, 0) is 0 Å². The van der Waals surface area contributed by atoms with E-state index in [1.165, 1.54) is 36.3 Å². The average Bonchev–Trinajstić information content (AvgIpc) is 2.41. The molecule has 0 aliphatic carbocycles. The Labute approximate surface area is 129 Å². The second-order valence-electron chi connectivity index (χ2n) is 4.82. The Morgan fingerprint density at radius 1 is 0.611 bits per heavy atom. The zero-order valence-electron chi connectivity index (χ0n) is 13.0. The van der Waals surface area contributed by atoms with Gasteiger partial charge in [0.1, 0.15) is 0 Å². The van der Waals surface area contributed by atoms with Crippen molar-refractivity contribution in [2.75, 3.05) is 0 Å². The normalized spacial score (nSPS) is 11.9. The summed E-state index contributed by atoms with van der Waals surface area (Å²) >= 11 is -0.220. The van der Waals surface area contributed by atoms with Crippen LogP contribution >= 0.6 is 0 Å². The van der Waals surface area contributed by atoms with E-state index in [1.807, 2.05) is 0 Å². The third kappa shape index (κ3) is 6.09. The molecule has 6 heteroatoms. The molecule has 0 heterocycles. The molecule has 0 amide bonds. The molecular formula is C12H30AlClO2Si2. The standard InChI is InChI=1S/2C6H15OSi.Al.ClH/c2*1-4-8(7,5-2)6-3;;/h2*4-6H2,1-3H3;;1H/q2*-1;+3;/p-1. The van der Waals surface area contributed by atoms with E-state index >= 15 is 0 Å². The molecule has 0 aromatic heterocycles. The maximum Gasteiger partial charge on any atom is -1.00 e. The van der Waals surface area contributed by atoms with E-state index in [0.29, 0.717) is 0 Å². The molecule has 0 fully saturated rings. The van der Waals surface area contributed by atoms with E-state index in [0.717, 1.165) is 0 Å². The molecule has 0 radical (unpaired) electrons. The number of rotatable bonds is 10. The van der Waals surface area contributed by atoms with E-state index in [4.69, 9.17) is 6.96 Å². The van der Waals surface area contributed by atoms with E-state index in [-0.39, 0.29) is 28.3 Å². The second-order valence-corrected chi connectivity index (χ2v) is 15.9. The molecule has 0 saturated carbocycles. The van der Waals surface area contributed by atoms with Gasteiger partial charge >= 0.3 is 117 Å². The molecule has 0 aliphatic heterocycles. The van der Waals surface area contributed by atoms with Gasteiger partial charge in [-0.3, -0.25) is 0 Å². The van der Waals surface area contributed by atoms with Crippen molar-refractivity contribution in [3.63, 3.8) is 0 Å². The van der Waals surface area contributed by atoms with E-state index in [1.54, 1.807) is 0 Å². The third-order valence-corrected chi connectivity index (χ3v) is 17.0. The predicted octanol–water partition coefficient (Wildman–Crippen LogP) is 1.57. The molecule has 0 bridgehead atoms. The number of hydrogen-bond acceptors (Lipinski definition) is 2. The van der Waals surface area contributed by atoms with Crippen LogP contribution in [0.25, 0.3) is 0 Å². The van der Waals surface area contributed by atoms with E-state index < -0.39 is 16.6 Å². The van der Waals surface area contributed by atoms with Crippen LogP contribution in [0, 0.1) is 0 Å². The van der Waals surface area contributed by atoms with Crippen molar-refractivity contribution < 1.29 is 19.4 Å². The zero-order chi connectivity index (χ0) is 13.4. The number of hydrogen-bond donors (Lipinski definition) is 0. The van der Waals surface area contributed by atoms with Crippen LogP contribution < -0.4 is 12.4 Å². The Hall–Kier alpha value is 1.18. The molecule has 0 N–H and O–H groups in total. The molecule has 2 nitrogen and oxygen atoms in total. The van der Waals surface area contributed by atoms with Crippen molar-refractivity contribution in [1.29, 1.82) is 0 Å². The van der Waals surface area contributed by atoms with Gasteiger partial charge in [-0.15, -0.1) is 0 Å². The van der Waals surface area contributed by atoms with Crippen LogP contribution in [0.1, 0.15) is 41.5 Å². The maximum atomic E-state index is 6.27. The largest absolute Gasteiger partial charge is 1.00 e. The third-order valence-electron chi connectivity index (χ3n) is 4.46. The molecule has 0 aromatic carbocycles.